The molecule has 0 unspecified atom stereocenters. The smallest absolute Gasteiger partial charge is 0.345 e. The van der Waals surface area contributed by atoms with Crippen molar-refractivity contribution in [2.75, 3.05) is 19.8 Å². The Balaban J connectivity index is 2.26. The molecule has 0 aliphatic carbocycles. The number of carbonyl (C=O) groups excluding carboxylic acids is 1. The van der Waals surface area contributed by atoms with Gasteiger partial charge in [-0.2, -0.15) is 4.98 Å². The molecule has 0 atom stereocenters. The first kappa shape index (κ1) is 15.4. The van der Waals surface area contributed by atoms with Crippen molar-refractivity contribution in [2.24, 2.45) is 0 Å². The Morgan fingerprint density at radius 3 is 2.84 bits per heavy atom. The lowest BCUT2D eigenvalue weighted by atomic mass is 10.3. The number of hydrogen-bond donors (Lipinski definition) is 2. The van der Waals surface area contributed by atoms with Crippen molar-refractivity contribution >= 4 is 5.91 Å². The van der Waals surface area contributed by atoms with Crippen LogP contribution < -0.4 is 11.0 Å². The van der Waals surface area contributed by atoms with Gasteiger partial charge in [0.25, 0.3) is 5.91 Å². The predicted molar refractivity (Wildman–Crippen MR) is 72.3 cm³/mol. The summed E-state index contributed by atoms with van der Waals surface area (Å²) in [6.07, 6.45) is 2.92. The van der Waals surface area contributed by atoms with E-state index in [9.17, 15) is 9.59 Å². The van der Waals surface area contributed by atoms with Gasteiger partial charge in [0.2, 0.25) is 0 Å². The number of nitrogens with zero attached hydrogens (tertiary/aromatic N) is 1. The van der Waals surface area contributed by atoms with Crippen molar-refractivity contribution < 1.29 is 9.53 Å². The lowest BCUT2D eigenvalue weighted by Gasteiger charge is -2.05. The molecule has 1 aromatic heterocycles. The average molecular weight is 267 g/mol. The number of aromatic nitrogens is 2. The number of amides is 1. The van der Waals surface area contributed by atoms with Crippen molar-refractivity contribution in [3.8, 4) is 0 Å². The fourth-order valence-electron chi connectivity index (χ4n) is 1.51. The van der Waals surface area contributed by atoms with Crippen molar-refractivity contribution in [1.82, 2.24) is 15.3 Å². The van der Waals surface area contributed by atoms with Crippen LogP contribution in [0.5, 0.6) is 0 Å². The number of nitrogens with one attached hydrogen (secondary N) is 2. The van der Waals surface area contributed by atoms with E-state index in [1.165, 1.54) is 0 Å². The molecule has 1 heterocycles. The Morgan fingerprint density at radius 2 is 2.16 bits per heavy atom. The Bertz CT molecular complexity index is 457. The summed E-state index contributed by atoms with van der Waals surface area (Å²) in [5, 5.41) is 2.71. The molecule has 6 nitrogen and oxygen atoms in total. The zero-order valence-electron chi connectivity index (χ0n) is 11.5. The third-order valence-electron chi connectivity index (χ3n) is 2.51. The molecule has 0 fully saturated rings. The van der Waals surface area contributed by atoms with E-state index in [1.807, 2.05) is 0 Å². The lowest BCUT2D eigenvalue weighted by molar-refractivity contribution is 0.0935. The first-order valence-corrected chi connectivity index (χ1v) is 6.57. The first-order valence-electron chi connectivity index (χ1n) is 6.57. The average Bonchev–Trinajstić information content (AvgIpc) is 2.36. The molecule has 1 aromatic rings. The predicted octanol–water partition coefficient (Wildman–Crippen LogP) is 1.01. The molecule has 1 rings (SSSR count). The van der Waals surface area contributed by atoms with Crippen molar-refractivity contribution in [3.63, 3.8) is 0 Å². The highest BCUT2D eigenvalue weighted by molar-refractivity contribution is 5.92. The summed E-state index contributed by atoms with van der Waals surface area (Å²) in [7, 11) is 0. The zero-order valence-corrected chi connectivity index (χ0v) is 11.5. The number of H-pyrrole nitrogens is 1. The van der Waals surface area contributed by atoms with Gasteiger partial charge in [-0.25, -0.2) is 4.79 Å². The maximum absolute atomic E-state index is 11.7. The second-order valence-electron chi connectivity index (χ2n) is 4.33. The van der Waals surface area contributed by atoms with E-state index in [4.69, 9.17) is 4.74 Å². The molecular weight excluding hydrogens is 246 g/mol. The van der Waals surface area contributed by atoms with E-state index in [0.717, 1.165) is 25.9 Å². The summed E-state index contributed by atoms with van der Waals surface area (Å²) in [6.45, 7) is 5.72. The van der Waals surface area contributed by atoms with E-state index < -0.39 is 5.69 Å². The number of aromatic amines is 1. The van der Waals surface area contributed by atoms with Gasteiger partial charge in [-0.05, 0) is 25.8 Å². The van der Waals surface area contributed by atoms with E-state index in [0.29, 0.717) is 18.8 Å². The maximum Gasteiger partial charge on any atom is 0.345 e. The van der Waals surface area contributed by atoms with Crippen molar-refractivity contribution in [1.29, 1.82) is 0 Å². The largest absolute Gasteiger partial charge is 0.381 e. The highest BCUT2D eigenvalue weighted by Crippen LogP contribution is 1.94. The van der Waals surface area contributed by atoms with Crippen LogP contribution in [-0.2, 0) is 4.74 Å². The summed E-state index contributed by atoms with van der Waals surface area (Å²) < 4.78 is 5.38. The van der Waals surface area contributed by atoms with Crippen LogP contribution in [0.15, 0.2) is 10.9 Å². The van der Waals surface area contributed by atoms with Gasteiger partial charge in [0, 0.05) is 25.5 Å². The second kappa shape index (κ2) is 8.42. The van der Waals surface area contributed by atoms with Gasteiger partial charge in [-0.15, -0.1) is 0 Å². The third kappa shape index (κ3) is 6.15. The Morgan fingerprint density at radius 1 is 1.42 bits per heavy atom. The standard InChI is InChI=1S/C13H21N3O3/c1-3-4-7-19-8-5-6-14-12(17)11-9-10(2)15-13(18)16-11/h9H,3-8H2,1-2H3,(H,14,17)(H,15,16,18). The molecule has 0 saturated carbocycles. The fourth-order valence-corrected chi connectivity index (χ4v) is 1.51. The molecule has 0 spiro atoms. The monoisotopic (exact) mass is 267 g/mol. The minimum absolute atomic E-state index is 0.146. The summed E-state index contributed by atoms with van der Waals surface area (Å²) in [5.41, 5.74) is 0.259. The molecule has 19 heavy (non-hydrogen) atoms. The van der Waals surface area contributed by atoms with Gasteiger partial charge >= 0.3 is 5.69 Å². The minimum Gasteiger partial charge on any atom is -0.381 e. The van der Waals surface area contributed by atoms with Crippen LogP contribution in [0.25, 0.3) is 0 Å². The number of rotatable bonds is 8. The zero-order chi connectivity index (χ0) is 14.1. The van der Waals surface area contributed by atoms with Crippen LogP contribution in [0.2, 0.25) is 0 Å². The van der Waals surface area contributed by atoms with E-state index >= 15 is 0 Å². The van der Waals surface area contributed by atoms with Crippen LogP contribution in [-0.4, -0.2) is 35.6 Å². The molecule has 0 radical (unpaired) electrons. The summed E-state index contributed by atoms with van der Waals surface area (Å²) >= 11 is 0. The third-order valence-corrected chi connectivity index (χ3v) is 2.51. The van der Waals surface area contributed by atoms with Gasteiger partial charge in [-0.3, -0.25) is 4.79 Å². The van der Waals surface area contributed by atoms with Gasteiger partial charge in [-0.1, -0.05) is 13.3 Å². The number of unbranched alkanes of at least 4 members (excludes halogenated alkanes) is 1. The van der Waals surface area contributed by atoms with Gasteiger partial charge < -0.3 is 15.0 Å². The van der Waals surface area contributed by atoms with Crippen LogP contribution in [0.3, 0.4) is 0 Å². The lowest BCUT2D eigenvalue weighted by Crippen LogP contribution is -2.28. The summed E-state index contributed by atoms with van der Waals surface area (Å²) in [6, 6.07) is 1.55. The second-order valence-corrected chi connectivity index (χ2v) is 4.33. The molecule has 0 bridgehead atoms. The van der Waals surface area contributed by atoms with Gasteiger partial charge in [0.05, 0.1) is 0 Å². The molecule has 1 amide bonds. The molecular formula is C13H21N3O3. The molecule has 2 N–H and O–H groups in total. The normalized spacial score (nSPS) is 10.4. The van der Waals surface area contributed by atoms with E-state index in [-0.39, 0.29) is 11.6 Å². The molecule has 0 aliphatic heterocycles. The molecule has 0 aromatic carbocycles. The topological polar surface area (TPSA) is 84.1 Å². The van der Waals surface area contributed by atoms with E-state index in [2.05, 4.69) is 22.2 Å². The quantitative estimate of drug-likeness (QED) is 0.689. The minimum atomic E-state index is -0.506. The SMILES string of the molecule is CCCCOCCCNC(=O)c1cc(C)[nH]c(=O)n1. The highest BCUT2D eigenvalue weighted by atomic mass is 16.5. The molecule has 0 aliphatic rings. The first-order chi connectivity index (χ1) is 9.13. The Kier molecular flexibility index (Phi) is 6.81. The van der Waals surface area contributed by atoms with Crippen molar-refractivity contribution in [3.05, 3.63) is 27.9 Å². The van der Waals surface area contributed by atoms with Crippen LogP contribution in [0.4, 0.5) is 0 Å². The van der Waals surface area contributed by atoms with Crippen LogP contribution in [0, 0.1) is 6.92 Å². The van der Waals surface area contributed by atoms with Gasteiger partial charge in [0.1, 0.15) is 5.69 Å². The van der Waals surface area contributed by atoms with E-state index in [1.54, 1.807) is 13.0 Å². The number of aryl methyl sites for hydroxylation is 1. The maximum atomic E-state index is 11.7. The van der Waals surface area contributed by atoms with Crippen LogP contribution in [0.1, 0.15) is 42.4 Å². The van der Waals surface area contributed by atoms with Gasteiger partial charge in [0.15, 0.2) is 0 Å². The number of hydrogen-bond acceptors (Lipinski definition) is 4. The molecule has 106 valence electrons. The molecule has 6 heteroatoms. The highest BCUT2D eigenvalue weighted by Gasteiger charge is 2.07. The molecule has 0 saturated heterocycles. The fraction of sp³-hybridized carbons (Fsp3) is 0.615. The Labute approximate surface area is 112 Å². The van der Waals surface area contributed by atoms with Crippen molar-refractivity contribution in [2.45, 2.75) is 33.1 Å². The number of ether oxygens (including phenoxy) is 1. The number of carbonyl (C=O) groups is 1. The Hall–Kier alpha value is -1.69. The summed E-state index contributed by atoms with van der Waals surface area (Å²) in [5.74, 6) is -0.331. The summed E-state index contributed by atoms with van der Waals surface area (Å²) in [4.78, 5) is 29.0. The van der Waals surface area contributed by atoms with Crippen LogP contribution >= 0.6 is 0 Å².